The lowest BCUT2D eigenvalue weighted by Gasteiger charge is -2.06. The van der Waals surface area contributed by atoms with Gasteiger partial charge >= 0.3 is 0 Å². The van der Waals surface area contributed by atoms with E-state index in [1.54, 1.807) is 30.3 Å². The van der Waals surface area contributed by atoms with E-state index in [0.717, 1.165) is 0 Å². The normalized spacial score (nSPS) is 10.8. The van der Waals surface area contributed by atoms with Crippen molar-refractivity contribution < 1.29 is 15.0 Å². The average Bonchev–Trinajstić information content (AvgIpc) is 2.54. The predicted octanol–water partition coefficient (Wildman–Crippen LogP) is 4.12. The van der Waals surface area contributed by atoms with Gasteiger partial charge in [-0.05, 0) is 46.1 Å². The van der Waals surface area contributed by atoms with Crippen LogP contribution in [0.4, 0.5) is 0 Å². The number of allylic oxidation sites excluding steroid dienone is 1. The van der Waals surface area contributed by atoms with Crippen molar-refractivity contribution in [3.05, 3.63) is 68.6 Å². The third-order valence-electron chi connectivity index (χ3n) is 3.16. The highest BCUT2D eigenvalue weighted by Crippen LogP contribution is 2.31. The molecule has 2 rings (SSSR count). The molecule has 0 aliphatic carbocycles. The summed E-state index contributed by atoms with van der Waals surface area (Å²) in [4.78, 5) is 12.1. The van der Waals surface area contributed by atoms with Crippen LogP contribution in [0.5, 0.6) is 11.5 Å². The lowest BCUT2D eigenvalue weighted by Crippen LogP contribution is -2.18. The van der Waals surface area contributed by atoms with E-state index >= 15 is 0 Å². The molecule has 0 spiro atoms. The van der Waals surface area contributed by atoms with Crippen LogP contribution in [0.25, 0.3) is 0 Å². The first kappa shape index (κ1) is 18.2. The number of phenolic OH excluding ortho intramolecular Hbond substituents is 2. The number of hydrogen-bond donors (Lipinski definition) is 3. The quantitative estimate of drug-likeness (QED) is 0.362. The van der Waals surface area contributed by atoms with Crippen LogP contribution >= 0.6 is 31.9 Å². The molecule has 0 atom stereocenters. The van der Waals surface area contributed by atoms with Crippen molar-refractivity contribution in [1.29, 1.82) is 0 Å². The fraction of sp³-hybridized carbons (Fsp3) is 0.0588. The van der Waals surface area contributed by atoms with Gasteiger partial charge in [-0.15, -0.1) is 6.58 Å². The van der Waals surface area contributed by atoms with Gasteiger partial charge in [0.2, 0.25) is 0 Å². The number of rotatable bonds is 5. The van der Waals surface area contributed by atoms with Crippen LogP contribution in [0.2, 0.25) is 0 Å². The minimum atomic E-state index is -0.576. The summed E-state index contributed by atoms with van der Waals surface area (Å²) >= 11 is 6.41. The Bertz CT molecular complexity index is 820. The predicted molar refractivity (Wildman–Crippen MR) is 101 cm³/mol. The molecule has 0 aliphatic heterocycles. The zero-order chi connectivity index (χ0) is 17.7. The van der Waals surface area contributed by atoms with Crippen LogP contribution in [-0.4, -0.2) is 22.3 Å². The van der Waals surface area contributed by atoms with E-state index in [0.29, 0.717) is 26.5 Å². The number of halogens is 2. The van der Waals surface area contributed by atoms with Crippen molar-refractivity contribution in [3.8, 4) is 11.5 Å². The number of carbonyl (C=O) groups excluding carboxylic acids is 1. The maximum Gasteiger partial charge on any atom is 0.275 e. The third kappa shape index (κ3) is 4.24. The molecule has 124 valence electrons. The van der Waals surface area contributed by atoms with Crippen LogP contribution in [0, 0.1) is 0 Å². The van der Waals surface area contributed by atoms with Gasteiger partial charge in [-0.3, -0.25) is 4.79 Å². The number of aromatic hydroxyl groups is 2. The Morgan fingerprint density at radius 1 is 1.25 bits per heavy atom. The topological polar surface area (TPSA) is 81.9 Å². The number of nitrogens with zero attached hydrogens (tertiary/aromatic N) is 1. The largest absolute Gasteiger partial charge is 0.507 e. The molecule has 0 aliphatic rings. The van der Waals surface area contributed by atoms with Crippen LogP contribution in [0.1, 0.15) is 21.5 Å². The number of benzene rings is 2. The zero-order valence-electron chi connectivity index (χ0n) is 12.5. The summed E-state index contributed by atoms with van der Waals surface area (Å²) in [5.41, 5.74) is 3.57. The van der Waals surface area contributed by atoms with Gasteiger partial charge in [0.05, 0.1) is 16.3 Å². The van der Waals surface area contributed by atoms with Gasteiger partial charge < -0.3 is 10.2 Å². The second-order valence-corrected chi connectivity index (χ2v) is 6.60. The summed E-state index contributed by atoms with van der Waals surface area (Å²) in [5, 5.41) is 23.9. The van der Waals surface area contributed by atoms with Crippen LogP contribution in [-0.2, 0) is 6.42 Å². The van der Waals surface area contributed by atoms with Crippen molar-refractivity contribution >= 4 is 44.0 Å². The van der Waals surface area contributed by atoms with Gasteiger partial charge in [-0.1, -0.05) is 34.1 Å². The monoisotopic (exact) mass is 452 g/mol. The minimum absolute atomic E-state index is 0.0676. The maximum atomic E-state index is 12.1. The molecule has 2 aromatic carbocycles. The van der Waals surface area contributed by atoms with E-state index in [2.05, 4.69) is 49.0 Å². The number of para-hydroxylation sites is 1. The highest BCUT2D eigenvalue weighted by atomic mass is 79.9. The first-order valence-electron chi connectivity index (χ1n) is 6.87. The minimum Gasteiger partial charge on any atom is -0.507 e. The van der Waals surface area contributed by atoms with Crippen molar-refractivity contribution in [1.82, 2.24) is 5.43 Å². The molecular weight excluding hydrogens is 440 g/mol. The van der Waals surface area contributed by atoms with Crippen molar-refractivity contribution in [2.75, 3.05) is 0 Å². The van der Waals surface area contributed by atoms with Crippen LogP contribution in [0.15, 0.2) is 57.0 Å². The van der Waals surface area contributed by atoms with Crippen LogP contribution < -0.4 is 5.43 Å². The molecule has 0 saturated heterocycles. The molecule has 0 radical (unpaired) electrons. The standard InChI is InChI=1S/C17H14Br2N2O3/c1-2-4-10-5-3-6-11(15(10)22)9-20-21-17(24)13-7-12(18)8-14(19)16(13)23/h2-3,5-9,22-23H,1,4H2,(H,21,24)/b20-9-. The van der Waals surface area contributed by atoms with E-state index in [1.807, 2.05) is 0 Å². The number of hydrogen-bond acceptors (Lipinski definition) is 4. The molecule has 0 saturated carbocycles. The summed E-state index contributed by atoms with van der Waals surface area (Å²) in [6.45, 7) is 3.63. The fourth-order valence-electron chi connectivity index (χ4n) is 2.00. The second kappa shape index (κ2) is 8.12. The van der Waals surface area contributed by atoms with Gasteiger partial charge in [0.15, 0.2) is 0 Å². The Labute approximate surface area is 156 Å². The molecule has 7 heteroatoms. The summed E-state index contributed by atoms with van der Waals surface area (Å²) in [5.74, 6) is -0.669. The summed E-state index contributed by atoms with van der Waals surface area (Å²) in [6.07, 6.45) is 3.55. The molecule has 5 nitrogen and oxygen atoms in total. The van der Waals surface area contributed by atoms with Crippen LogP contribution in [0.3, 0.4) is 0 Å². The number of hydrazone groups is 1. The second-order valence-electron chi connectivity index (χ2n) is 4.83. The Hall–Kier alpha value is -2.12. The van der Waals surface area contributed by atoms with Gasteiger partial charge in [-0.2, -0.15) is 5.10 Å². The Morgan fingerprint density at radius 2 is 2.00 bits per heavy atom. The maximum absolute atomic E-state index is 12.1. The molecular formula is C17H14Br2N2O3. The molecule has 2 aromatic rings. The number of carbonyl (C=O) groups is 1. The summed E-state index contributed by atoms with van der Waals surface area (Å²) in [7, 11) is 0. The van der Waals surface area contributed by atoms with Gasteiger partial charge in [-0.25, -0.2) is 5.43 Å². The van der Waals surface area contributed by atoms with E-state index < -0.39 is 5.91 Å². The van der Waals surface area contributed by atoms with Crippen molar-refractivity contribution in [2.45, 2.75) is 6.42 Å². The molecule has 0 heterocycles. The number of amides is 1. The molecule has 24 heavy (non-hydrogen) atoms. The molecule has 0 aromatic heterocycles. The third-order valence-corrected chi connectivity index (χ3v) is 4.22. The van der Waals surface area contributed by atoms with E-state index in [4.69, 9.17) is 0 Å². The average molecular weight is 454 g/mol. The SMILES string of the molecule is C=CCc1cccc(/C=N\NC(=O)c2cc(Br)cc(Br)c2O)c1O. The fourth-order valence-corrected chi connectivity index (χ4v) is 3.22. The lowest BCUT2D eigenvalue weighted by atomic mass is 10.1. The van der Waals surface area contributed by atoms with E-state index in [9.17, 15) is 15.0 Å². The van der Waals surface area contributed by atoms with E-state index in [1.165, 1.54) is 12.3 Å². The van der Waals surface area contributed by atoms with Crippen molar-refractivity contribution in [2.24, 2.45) is 5.10 Å². The molecule has 3 N–H and O–H groups in total. The van der Waals surface area contributed by atoms with Gasteiger partial charge in [0, 0.05) is 10.0 Å². The Kier molecular flexibility index (Phi) is 6.16. The first-order valence-corrected chi connectivity index (χ1v) is 8.45. The lowest BCUT2D eigenvalue weighted by molar-refractivity contribution is 0.0952. The van der Waals surface area contributed by atoms with Gasteiger partial charge in [0.1, 0.15) is 11.5 Å². The molecule has 1 amide bonds. The molecule has 0 bridgehead atoms. The highest BCUT2D eigenvalue weighted by molar-refractivity contribution is 9.11. The van der Waals surface area contributed by atoms with Crippen molar-refractivity contribution in [3.63, 3.8) is 0 Å². The van der Waals surface area contributed by atoms with Gasteiger partial charge in [0.25, 0.3) is 5.91 Å². The zero-order valence-corrected chi connectivity index (χ0v) is 15.6. The number of phenols is 2. The first-order chi connectivity index (χ1) is 11.4. The molecule has 0 unspecified atom stereocenters. The van der Waals surface area contributed by atoms with E-state index in [-0.39, 0.29) is 17.1 Å². The molecule has 0 fully saturated rings. The Morgan fingerprint density at radius 3 is 2.71 bits per heavy atom. The summed E-state index contributed by atoms with van der Waals surface area (Å²) in [6, 6.07) is 8.33. The summed E-state index contributed by atoms with van der Waals surface area (Å²) < 4.78 is 1.02. The highest BCUT2D eigenvalue weighted by Gasteiger charge is 2.14. The Balaban J connectivity index is 2.16. The smallest absolute Gasteiger partial charge is 0.275 e. The number of nitrogens with one attached hydrogen (secondary N) is 1.